The van der Waals surface area contributed by atoms with Crippen LogP contribution in [0.25, 0.3) is 0 Å². The topological polar surface area (TPSA) is 49.8 Å². The van der Waals surface area contributed by atoms with Crippen LogP contribution in [0.1, 0.15) is 5.56 Å². The second kappa shape index (κ2) is 7.50. The van der Waals surface area contributed by atoms with E-state index in [1.165, 1.54) is 5.56 Å². The van der Waals surface area contributed by atoms with Crippen molar-refractivity contribution in [3.8, 4) is 0 Å². The molecule has 1 aromatic heterocycles. The minimum atomic E-state index is 0.612. The van der Waals surface area contributed by atoms with Crippen LogP contribution in [0.4, 0.5) is 11.8 Å². The molecule has 0 saturated carbocycles. The Kier molecular flexibility index (Phi) is 5.38. The molecule has 1 aromatic carbocycles. The zero-order valence-electron chi connectivity index (χ0n) is 11.1. The van der Waals surface area contributed by atoms with E-state index in [1.54, 1.807) is 12.3 Å². The van der Waals surface area contributed by atoms with Crippen molar-refractivity contribution in [1.82, 2.24) is 9.97 Å². The van der Waals surface area contributed by atoms with Gasteiger partial charge >= 0.3 is 0 Å². The van der Waals surface area contributed by atoms with Gasteiger partial charge in [-0.15, -0.1) is 6.58 Å². The van der Waals surface area contributed by atoms with Crippen molar-refractivity contribution in [2.75, 3.05) is 23.7 Å². The molecule has 0 atom stereocenters. The van der Waals surface area contributed by atoms with E-state index in [0.717, 1.165) is 23.8 Å². The summed E-state index contributed by atoms with van der Waals surface area (Å²) in [6, 6.07) is 9.67. The number of nitrogens with zero attached hydrogens (tertiary/aromatic N) is 2. The summed E-state index contributed by atoms with van der Waals surface area (Å²) in [5, 5.41) is 7.08. The summed E-state index contributed by atoms with van der Waals surface area (Å²) < 4.78 is 0. The second-order valence-electron chi connectivity index (χ2n) is 4.24. The summed E-state index contributed by atoms with van der Waals surface area (Å²) in [7, 11) is 0. The van der Waals surface area contributed by atoms with Gasteiger partial charge in [-0.2, -0.15) is 4.98 Å². The van der Waals surface area contributed by atoms with Gasteiger partial charge in [0.2, 0.25) is 5.95 Å². The van der Waals surface area contributed by atoms with Gasteiger partial charge in [-0.1, -0.05) is 29.8 Å². The molecule has 2 aromatic rings. The van der Waals surface area contributed by atoms with E-state index in [0.29, 0.717) is 12.5 Å². The fourth-order valence-electron chi connectivity index (χ4n) is 1.73. The molecule has 20 heavy (non-hydrogen) atoms. The number of hydrogen-bond donors (Lipinski definition) is 2. The maximum absolute atomic E-state index is 5.95. The number of aromatic nitrogens is 2. The molecule has 0 saturated heterocycles. The van der Waals surface area contributed by atoms with Crippen molar-refractivity contribution >= 4 is 23.4 Å². The molecule has 104 valence electrons. The van der Waals surface area contributed by atoms with Gasteiger partial charge in [0.25, 0.3) is 0 Å². The highest BCUT2D eigenvalue weighted by atomic mass is 35.5. The SMILES string of the molecule is C=CCNc1ccnc(NCCc2cccc(Cl)c2)n1. The van der Waals surface area contributed by atoms with E-state index < -0.39 is 0 Å². The van der Waals surface area contributed by atoms with Crippen molar-refractivity contribution in [1.29, 1.82) is 0 Å². The summed E-state index contributed by atoms with van der Waals surface area (Å²) >= 11 is 5.95. The number of rotatable bonds is 7. The van der Waals surface area contributed by atoms with Crippen molar-refractivity contribution in [2.45, 2.75) is 6.42 Å². The first-order chi connectivity index (χ1) is 9.78. The molecule has 0 radical (unpaired) electrons. The minimum Gasteiger partial charge on any atom is -0.366 e. The van der Waals surface area contributed by atoms with Crippen LogP contribution in [0, 0.1) is 0 Å². The number of nitrogens with one attached hydrogen (secondary N) is 2. The summed E-state index contributed by atoms with van der Waals surface area (Å²) in [5.41, 5.74) is 1.19. The lowest BCUT2D eigenvalue weighted by Crippen LogP contribution is -2.09. The molecule has 0 aliphatic rings. The zero-order valence-corrected chi connectivity index (χ0v) is 11.9. The van der Waals surface area contributed by atoms with Crippen LogP contribution >= 0.6 is 11.6 Å². The van der Waals surface area contributed by atoms with Gasteiger partial charge in [0.1, 0.15) is 5.82 Å². The minimum absolute atomic E-state index is 0.612. The third-order valence-electron chi connectivity index (χ3n) is 2.67. The molecule has 5 heteroatoms. The second-order valence-corrected chi connectivity index (χ2v) is 4.68. The monoisotopic (exact) mass is 288 g/mol. The molecule has 0 fully saturated rings. The van der Waals surface area contributed by atoms with Crippen LogP contribution in [-0.2, 0) is 6.42 Å². The summed E-state index contributed by atoms with van der Waals surface area (Å²) in [6.45, 7) is 5.09. The molecule has 0 aliphatic heterocycles. The number of benzene rings is 1. The Bertz CT molecular complexity index is 571. The Morgan fingerprint density at radius 1 is 1.25 bits per heavy atom. The quantitative estimate of drug-likeness (QED) is 0.767. The molecule has 0 aliphatic carbocycles. The average molecular weight is 289 g/mol. The highest BCUT2D eigenvalue weighted by molar-refractivity contribution is 6.30. The van der Waals surface area contributed by atoms with Gasteiger partial charge in [0.05, 0.1) is 0 Å². The van der Waals surface area contributed by atoms with Crippen molar-refractivity contribution in [3.63, 3.8) is 0 Å². The first kappa shape index (κ1) is 14.3. The molecule has 2 rings (SSSR count). The number of anilines is 2. The van der Waals surface area contributed by atoms with Crippen molar-refractivity contribution in [2.24, 2.45) is 0 Å². The van der Waals surface area contributed by atoms with Crippen molar-refractivity contribution < 1.29 is 0 Å². The van der Waals surface area contributed by atoms with E-state index in [4.69, 9.17) is 11.6 Å². The fourth-order valence-corrected chi connectivity index (χ4v) is 1.94. The van der Waals surface area contributed by atoms with Crippen LogP contribution in [-0.4, -0.2) is 23.1 Å². The third-order valence-corrected chi connectivity index (χ3v) is 2.90. The van der Waals surface area contributed by atoms with Gasteiger partial charge in [0, 0.05) is 24.3 Å². The third kappa shape index (κ3) is 4.55. The Morgan fingerprint density at radius 3 is 2.95 bits per heavy atom. The molecule has 0 bridgehead atoms. The molecule has 1 heterocycles. The molecule has 0 unspecified atom stereocenters. The molecule has 0 spiro atoms. The summed E-state index contributed by atoms with van der Waals surface area (Å²) in [6.07, 6.45) is 4.38. The first-order valence-electron chi connectivity index (χ1n) is 6.44. The lowest BCUT2D eigenvalue weighted by atomic mass is 10.1. The highest BCUT2D eigenvalue weighted by Gasteiger charge is 1.99. The van der Waals surface area contributed by atoms with E-state index in [2.05, 4.69) is 33.2 Å². The number of halogens is 1. The van der Waals surface area contributed by atoms with Crippen LogP contribution in [0.2, 0.25) is 5.02 Å². The van der Waals surface area contributed by atoms with Crippen LogP contribution in [0.5, 0.6) is 0 Å². The molecule has 4 nitrogen and oxygen atoms in total. The van der Waals surface area contributed by atoms with E-state index in [9.17, 15) is 0 Å². The van der Waals surface area contributed by atoms with E-state index >= 15 is 0 Å². The highest BCUT2D eigenvalue weighted by Crippen LogP contribution is 2.11. The van der Waals surface area contributed by atoms with E-state index in [1.807, 2.05) is 24.3 Å². The van der Waals surface area contributed by atoms with Gasteiger partial charge in [0.15, 0.2) is 0 Å². The fraction of sp³-hybridized carbons (Fsp3) is 0.200. The van der Waals surface area contributed by atoms with Crippen LogP contribution in [0.3, 0.4) is 0 Å². The number of hydrogen-bond acceptors (Lipinski definition) is 4. The van der Waals surface area contributed by atoms with Crippen LogP contribution < -0.4 is 10.6 Å². The average Bonchev–Trinajstić information content (AvgIpc) is 2.46. The summed E-state index contributed by atoms with van der Waals surface area (Å²) in [5.74, 6) is 1.39. The molecular formula is C15H17ClN4. The van der Waals surface area contributed by atoms with Crippen LogP contribution in [0.15, 0.2) is 49.2 Å². The van der Waals surface area contributed by atoms with Gasteiger partial charge in [-0.05, 0) is 30.2 Å². The predicted molar refractivity (Wildman–Crippen MR) is 84.4 cm³/mol. The van der Waals surface area contributed by atoms with Crippen molar-refractivity contribution in [3.05, 3.63) is 59.8 Å². The zero-order chi connectivity index (χ0) is 14.2. The Balaban J connectivity index is 1.86. The molecule has 2 N–H and O–H groups in total. The lowest BCUT2D eigenvalue weighted by molar-refractivity contribution is 0.983. The maximum Gasteiger partial charge on any atom is 0.224 e. The molecular weight excluding hydrogens is 272 g/mol. The Labute approximate surface area is 123 Å². The predicted octanol–water partition coefficient (Wildman–Crippen LogP) is 3.38. The summed E-state index contributed by atoms with van der Waals surface area (Å²) in [4.78, 5) is 8.53. The molecule has 0 amide bonds. The smallest absolute Gasteiger partial charge is 0.224 e. The van der Waals surface area contributed by atoms with Gasteiger partial charge in [-0.3, -0.25) is 0 Å². The first-order valence-corrected chi connectivity index (χ1v) is 6.82. The van der Waals surface area contributed by atoms with E-state index in [-0.39, 0.29) is 0 Å². The Morgan fingerprint density at radius 2 is 2.15 bits per heavy atom. The maximum atomic E-state index is 5.95. The Hall–Kier alpha value is -2.07. The standard InChI is InChI=1S/C15H17ClN4/c1-2-8-17-14-7-10-19-15(20-14)18-9-6-12-4-3-5-13(16)11-12/h2-5,7,10-11H,1,6,8-9H2,(H2,17,18,19,20). The van der Waals surface area contributed by atoms with Gasteiger partial charge in [-0.25, -0.2) is 4.98 Å². The largest absolute Gasteiger partial charge is 0.366 e. The lowest BCUT2D eigenvalue weighted by Gasteiger charge is -2.07. The van der Waals surface area contributed by atoms with Gasteiger partial charge < -0.3 is 10.6 Å². The normalized spacial score (nSPS) is 10.1.